The Kier molecular flexibility index (Phi) is 4.01. The fourth-order valence-electron chi connectivity index (χ4n) is 1.78. The van der Waals surface area contributed by atoms with Crippen molar-refractivity contribution in [1.82, 2.24) is 10.3 Å². The van der Waals surface area contributed by atoms with E-state index in [9.17, 15) is 8.42 Å². The molecule has 1 aromatic heterocycles. The number of halogens is 1. The summed E-state index contributed by atoms with van der Waals surface area (Å²) >= 11 is 3.27. The first-order valence-corrected chi connectivity index (χ1v) is 7.76. The average molecular weight is 320 g/mol. The topological polar surface area (TPSA) is 71.1 Å². The van der Waals surface area contributed by atoms with Crippen LogP contribution in [-0.4, -0.2) is 31.7 Å². The van der Waals surface area contributed by atoms with Gasteiger partial charge in [0.05, 0.1) is 9.72 Å². The molecule has 1 aliphatic heterocycles. The highest BCUT2D eigenvalue weighted by Crippen LogP contribution is 2.22. The van der Waals surface area contributed by atoms with Crippen LogP contribution in [0.25, 0.3) is 0 Å². The Morgan fingerprint density at radius 1 is 1.41 bits per heavy atom. The highest BCUT2D eigenvalue weighted by molar-refractivity contribution is 9.10. The van der Waals surface area contributed by atoms with Crippen molar-refractivity contribution in [2.24, 2.45) is 0 Å². The van der Waals surface area contributed by atoms with Crippen LogP contribution >= 0.6 is 15.9 Å². The summed E-state index contributed by atoms with van der Waals surface area (Å²) in [7, 11) is -3.34. The minimum Gasteiger partial charge on any atom is -0.317 e. The number of sulfonamides is 1. The molecule has 0 bridgehead atoms. The van der Waals surface area contributed by atoms with Crippen LogP contribution in [0.1, 0.15) is 12.8 Å². The summed E-state index contributed by atoms with van der Waals surface area (Å²) in [6.07, 6.45) is 2.84. The summed E-state index contributed by atoms with van der Waals surface area (Å²) in [5.41, 5.74) is 0. The number of hydrogen-bond donors (Lipinski definition) is 2. The smallest absolute Gasteiger partial charge is 0.236 e. The maximum atomic E-state index is 12.1. The summed E-state index contributed by atoms with van der Waals surface area (Å²) in [4.78, 5) is 4.01. The Labute approximate surface area is 109 Å². The van der Waals surface area contributed by atoms with Gasteiger partial charge >= 0.3 is 0 Å². The van der Waals surface area contributed by atoms with Crippen LogP contribution in [0.15, 0.2) is 22.8 Å². The Bertz CT molecular complexity index is 486. The largest absolute Gasteiger partial charge is 0.317 e. The normalized spacial score (nSPS) is 17.9. The molecular formula is C10H14BrN3O2S. The van der Waals surface area contributed by atoms with E-state index in [-0.39, 0.29) is 5.25 Å². The lowest BCUT2D eigenvalue weighted by Crippen LogP contribution is -2.38. The molecule has 1 aromatic rings. The van der Waals surface area contributed by atoms with Crippen LogP contribution in [-0.2, 0) is 10.0 Å². The van der Waals surface area contributed by atoms with Gasteiger partial charge in [0, 0.05) is 6.20 Å². The Morgan fingerprint density at radius 3 is 2.76 bits per heavy atom. The lowest BCUT2D eigenvalue weighted by molar-refractivity contribution is 0.499. The highest BCUT2D eigenvalue weighted by Gasteiger charge is 2.27. The minimum atomic E-state index is -3.34. The zero-order valence-electron chi connectivity index (χ0n) is 9.19. The predicted molar refractivity (Wildman–Crippen MR) is 70.4 cm³/mol. The molecule has 0 radical (unpaired) electrons. The third kappa shape index (κ3) is 3.17. The Balaban J connectivity index is 2.14. The van der Waals surface area contributed by atoms with Gasteiger partial charge in [0.15, 0.2) is 5.82 Å². The fourth-order valence-corrected chi connectivity index (χ4v) is 3.73. The van der Waals surface area contributed by atoms with Crippen molar-refractivity contribution >= 4 is 31.8 Å². The average Bonchev–Trinajstić information content (AvgIpc) is 2.33. The molecule has 0 saturated carbocycles. The number of pyridine rings is 1. The van der Waals surface area contributed by atoms with Crippen LogP contribution in [0.3, 0.4) is 0 Å². The summed E-state index contributed by atoms with van der Waals surface area (Å²) in [6, 6.07) is 3.50. The van der Waals surface area contributed by atoms with E-state index in [1.54, 1.807) is 18.3 Å². The van der Waals surface area contributed by atoms with Gasteiger partial charge in [-0.15, -0.1) is 0 Å². The summed E-state index contributed by atoms with van der Waals surface area (Å²) in [6.45, 7) is 1.49. The molecule has 94 valence electrons. The molecule has 0 spiro atoms. The van der Waals surface area contributed by atoms with Crippen LogP contribution in [0, 0.1) is 0 Å². The standard InChI is InChI=1S/C10H14BrN3O2S/c11-9-2-1-5-13-10(9)14-17(15,16)8-3-6-12-7-4-8/h1-2,5,8,12H,3-4,6-7H2,(H,13,14). The molecule has 2 heterocycles. The molecule has 7 heteroatoms. The first-order chi connectivity index (χ1) is 8.09. The van der Waals surface area contributed by atoms with Crippen molar-refractivity contribution in [2.45, 2.75) is 18.1 Å². The fraction of sp³-hybridized carbons (Fsp3) is 0.500. The molecule has 0 atom stereocenters. The van der Waals surface area contributed by atoms with E-state index in [4.69, 9.17) is 0 Å². The third-order valence-electron chi connectivity index (χ3n) is 2.72. The van der Waals surface area contributed by atoms with Crippen molar-refractivity contribution in [3.05, 3.63) is 22.8 Å². The molecule has 0 aromatic carbocycles. The zero-order chi connectivity index (χ0) is 12.3. The summed E-state index contributed by atoms with van der Waals surface area (Å²) in [5.74, 6) is 0.353. The summed E-state index contributed by atoms with van der Waals surface area (Å²) in [5, 5.41) is 2.81. The van der Waals surface area contributed by atoms with Gasteiger partial charge in [0.2, 0.25) is 10.0 Å². The molecule has 2 N–H and O–H groups in total. The Morgan fingerprint density at radius 2 is 2.12 bits per heavy atom. The molecule has 5 nitrogen and oxygen atoms in total. The second-order valence-corrected chi connectivity index (χ2v) is 6.75. The quantitative estimate of drug-likeness (QED) is 0.882. The van der Waals surface area contributed by atoms with Crippen molar-refractivity contribution in [3.63, 3.8) is 0 Å². The van der Waals surface area contributed by atoms with E-state index in [2.05, 4.69) is 31.0 Å². The van der Waals surface area contributed by atoms with Crippen molar-refractivity contribution in [2.75, 3.05) is 17.8 Å². The SMILES string of the molecule is O=S(=O)(Nc1ncccc1Br)C1CCNCC1. The second kappa shape index (κ2) is 5.32. The number of hydrogen-bond acceptors (Lipinski definition) is 4. The molecule has 0 amide bonds. The van der Waals surface area contributed by atoms with Crippen LogP contribution in [0.5, 0.6) is 0 Å². The first-order valence-electron chi connectivity index (χ1n) is 5.42. The number of nitrogens with one attached hydrogen (secondary N) is 2. The predicted octanol–water partition coefficient (Wildman–Crippen LogP) is 1.34. The molecule has 1 aliphatic rings. The van der Waals surface area contributed by atoms with Gasteiger partial charge in [0.1, 0.15) is 0 Å². The van der Waals surface area contributed by atoms with E-state index in [1.807, 2.05) is 0 Å². The number of nitrogens with zero attached hydrogens (tertiary/aromatic N) is 1. The van der Waals surface area contributed by atoms with Gasteiger partial charge in [-0.3, -0.25) is 4.72 Å². The molecule has 1 fully saturated rings. The lowest BCUT2D eigenvalue weighted by Gasteiger charge is -2.23. The molecule has 0 aliphatic carbocycles. The number of anilines is 1. The minimum absolute atomic E-state index is 0.336. The molecule has 1 saturated heterocycles. The molecule has 17 heavy (non-hydrogen) atoms. The highest BCUT2D eigenvalue weighted by atomic mass is 79.9. The van der Waals surface area contributed by atoms with E-state index in [1.165, 1.54) is 0 Å². The monoisotopic (exact) mass is 319 g/mol. The van der Waals surface area contributed by atoms with E-state index in [0.717, 1.165) is 13.1 Å². The number of piperidine rings is 1. The van der Waals surface area contributed by atoms with Crippen molar-refractivity contribution in [3.8, 4) is 0 Å². The van der Waals surface area contributed by atoms with E-state index < -0.39 is 10.0 Å². The second-order valence-electron chi connectivity index (χ2n) is 3.93. The van der Waals surface area contributed by atoms with Gasteiger partial charge < -0.3 is 5.32 Å². The van der Waals surface area contributed by atoms with E-state index >= 15 is 0 Å². The van der Waals surface area contributed by atoms with Gasteiger partial charge in [-0.25, -0.2) is 13.4 Å². The van der Waals surface area contributed by atoms with Gasteiger partial charge in [-0.05, 0) is 54.0 Å². The molecule has 2 rings (SSSR count). The van der Waals surface area contributed by atoms with E-state index in [0.29, 0.717) is 23.1 Å². The van der Waals surface area contributed by atoms with Gasteiger partial charge in [0.25, 0.3) is 0 Å². The zero-order valence-corrected chi connectivity index (χ0v) is 11.6. The number of rotatable bonds is 3. The van der Waals surface area contributed by atoms with Crippen molar-refractivity contribution in [1.29, 1.82) is 0 Å². The first kappa shape index (κ1) is 12.8. The lowest BCUT2D eigenvalue weighted by atomic mass is 10.2. The maximum absolute atomic E-state index is 12.1. The van der Waals surface area contributed by atoms with Crippen LogP contribution in [0.4, 0.5) is 5.82 Å². The van der Waals surface area contributed by atoms with Crippen LogP contribution < -0.4 is 10.0 Å². The van der Waals surface area contributed by atoms with Gasteiger partial charge in [-0.1, -0.05) is 0 Å². The van der Waals surface area contributed by atoms with Crippen LogP contribution in [0.2, 0.25) is 0 Å². The molecular weight excluding hydrogens is 306 g/mol. The maximum Gasteiger partial charge on any atom is 0.236 e. The third-order valence-corrected chi connectivity index (χ3v) is 5.19. The molecule has 0 unspecified atom stereocenters. The van der Waals surface area contributed by atoms with Crippen molar-refractivity contribution < 1.29 is 8.42 Å². The Hall–Kier alpha value is -0.660. The summed E-state index contributed by atoms with van der Waals surface area (Å²) < 4.78 is 27.4. The van der Waals surface area contributed by atoms with Gasteiger partial charge in [-0.2, -0.15) is 0 Å². The number of aromatic nitrogens is 1.